The molecule has 0 bridgehead atoms. The van der Waals surface area contributed by atoms with Crippen molar-refractivity contribution in [2.24, 2.45) is 5.41 Å². The number of aliphatic carboxylic acids is 1. The molecule has 2 fully saturated rings. The maximum atomic E-state index is 12.4. The van der Waals surface area contributed by atoms with Crippen LogP contribution in [0.3, 0.4) is 0 Å². The Morgan fingerprint density at radius 3 is 2.58 bits per heavy atom. The van der Waals surface area contributed by atoms with Gasteiger partial charge >= 0.3 is 5.97 Å². The number of rotatable bonds is 8. The molecule has 1 unspecified atom stereocenters. The topological polar surface area (TPSA) is 82.9 Å². The molecule has 190 valence electrons. The second-order valence-corrected chi connectivity index (χ2v) is 10.7. The number of fused-ring (bicyclic) bond motifs is 1. The van der Waals surface area contributed by atoms with Gasteiger partial charge in [0.2, 0.25) is 0 Å². The van der Waals surface area contributed by atoms with Crippen LogP contribution in [-0.4, -0.2) is 52.3 Å². The number of pyridine rings is 1. The van der Waals surface area contributed by atoms with Crippen LogP contribution >= 0.6 is 11.6 Å². The summed E-state index contributed by atoms with van der Waals surface area (Å²) in [6, 6.07) is 16.6. The van der Waals surface area contributed by atoms with Gasteiger partial charge in [0.15, 0.2) is 0 Å². The van der Waals surface area contributed by atoms with Crippen molar-refractivity contribution in [3.63, 3.8) is 0 Å². The minimum absolute atomic E-state index is 0.321. The number of carboxylic acid groups (broad SMARTS) is 1. The number of hydrogen-bond donors (Lipinski definition) is 2. The van der Waals surface area contributed by atoms with E-state index in [0.717, 1.165) is 31.3 Å². The lowest BCUT2D eigenvalue weighted by molar-refractivity contribution is -0.154. The lowest BCUT2D eigenvalue weighted by Crippen LogP contribution is -2.51. The molecule has 0 amide bonds. The van der Waals surface area contributed by atoms with Crippen LogP contribution < -0.4 is 4.74 Å². The fourth-order valence-electron chi connectivity index (χ4n) is 5.96. The van der Waals surface area contributed by atoms with Gasteiger partial charge < -0.3 is 19.8 Å². The highest BCUT2D eigenvalue weighted by atomic mass is 35.5. The molecule has 6 nitrogen and oxygen atoms in total. The van der Waals surface area contributed by atoms with Gasteiger partial charge in [-0.25, -0.2) is 0 Å². The van der Waals surface area contributed by atoms with E-state index >= 15 is 0 Å². The van der Waals surface area contributed by atoms with Crippen LogP contribution in [0.5, 0.6) is 5.75 Å². The number of piperidine rings is 1. The SMILES string of the molecule is COc1ccc2ncc(Cl)c(C(O)CCC3(C(=O)O)CCN(C4CC(c5ccccc5)C4)CC3)c2c1. The molecule has 2 heterocycles. The zero-order valence-corrected chi connectivity index (χ0v) is 21.3. The number of benzene rings is 2. The molecule has 36 heavy (non-hydrogen) atoms. The van der Waals surface area contributed by atoms with Crippen molar-refractivity contribution in [2.75, 3.05) is 20.2 Å². The minimum Gasteiger partial charge on any atom is -0.497 e. The summed E-state index contributed by atoms with van der Waals surface area (Å²) in [6.45, 7) is 1.56. The summed E-state index contributed by atoms with van der Waals surface area (Å²) in [5, 5.41) is 22.5. The summed E-state index contributed by atoms with van der Waals surface area (Å²) in [5.41, 5.74) is 1.87. The maximum absolute atomic E-state index is 12.4. The number of methoxy groups -OCH3 is 1. The third-order valence-electron chi connectivity index (χ3n) is 8.41. The van der Waals surface area contributed by atoms with Gasteiger partial charge in [-0.05, 0) is 81.3 Å². The predicted molar refractivity (Wildman–Crippen MR) is 141 cm³/mol. The maximum Gasteiger partial charge on any atom is 0.309 e. The number of carbonyl (C=O) groups is 1. The molecule has 0 radical (unpaired) electrons. The van der Waals surface area contributed by atoms with Crippen LogP contribution in [0.1, 0.15) is 61.7 Å². The van der Waals surface area contributed by atoms with Gasteiger partial charge in [0.05, 0.1) is 29.2 Å². The molecule has 1 aliphatic heterocycles. The quantitative estimate of drug-likeness (QED) is 0.398. The standard InChI is InChI=1S/C29H33ClN2O4/c1-36-22-7-8-25-23(17-22)27(24(30)18-31-25)26(33)9-10-29(28(34)35)11-13-32(14-12-29)21-15-20(16-21)19-5-3-2-4-6-19/h2-8,17-18,20-21,26,33H,9-16H2,1H3,(H,34,35). The highest BCUT2D eigenvalue weighted by molar-refractivity contribution is 6.32. The Balaban J connectivity index is 1.23. The highest BCUT2D eigenvalue weighted by Gasteiger charge is 2.44. The first-order valence-corrected chi connectivity index (χ1v) is 13.1. The van der Waals surface area contributed by atoms with Crippen LogP contribution in [0.4, 0.5) is 0 Å². The van der Waals surface area contributed by atoms with Crippen molar-refractivity contribution in [2.45, 2.75) is 56.6 Å². The van der Waals surface area contributed by atoms with E-state index < -0.39 is 17.5 Å². The van der Waals surface area contributed by atoms with Crippen LogP contribution in [-0.2, 0) is 4.79 Å². The summed E-state index contributed by atoms with van der Waals surface area (Å²) in [7, 11) is 1.59. The Labute approximate surface area is 216 Å². The molecule has 3 aromatic rings. The molecule has 2 aliphatic rings. The first-order valence-electron chi connectivity index (χ1n) is 12.7. The molecule has 1 atom stereocenters. The van der Waals surface area contributed by atoms with Gasteiger partial charge in [0, 0.05) is 23.2 Å². The van der Waals surface area contributed by atoms with E-state index in [9.17, 15) is 15.0 Å². The average molecular weight is 509 g/mol. The van der Waals surface area contributed by atoms with E-state index in [0.29, 0.717) is 59.5 Å². The number of aliphatic hydroxyl groups excluding tert-OH is 1. The summed E-state index contributed by atoms with van der Waals surface area (Å²) in [4.78, 5) is 19.3. The van der Waals surface area contributed by atoms with Gasteiger partial charge in [-0.1, -0.05) is 41.9 Å². The molecule has 0 spiro atoms. The van der Waals surface area contributed by atoms with E-state index in [1.807, 2.05) is 18.2 Å². The molecule has 2 N–H and O–H groups in total. The Morgan fingerprint density at radius 1 is 1.19 bits per heavy atom. The van der Waals surface area contributed by atoms with Crippen molar-refractivity contribution in [3.8, 4) is 5.75 Å². The lowest BCUT2D eigenvalue weighted by atomic mass is 9.71. The zero-order valence-electron chi connectivity index (χ0n) is 20.6. The molecule has 2 aromatic carbocycles. The predicted octanol–water partition coefficient (Wildman–Crippen LogP) is 5.82. The van der Waals surface area contributed by atoms with Crippen LogP contribution in [0, 0.1) is 5.41 Å². The number of likely N-dealkylation sites (tertiary alicyclic amines) is 1. The number of hydrogen-bond acceptors (Lipinski definition) is 5. The van der Waals surface area contributed by atoms with Crippen LogP contribution in [0.2, 0.25) is 5.02 Å². The highest BCUT2D eigenvalue weighted by Crippen LogP contribution is 2.45. The molecule has 1 saturated carbocycles. The smallest absolute Gasteiger partial charge is 0.309 e. The molecule has 7 heteroatoms. The number of ether oxygens (including phenoxy) is 1. The van der Waals surface area contributed by atoms with E-state index in [1.165, 1.54) is 5.56 Å². The zero-order chi connectivity index (χ0) is 25.3. The fourth-order valence-corrected chi connectivity index (χ4v) is 6.24. The Morgan fingerprint density at radius 2 is 1.92 bits per heavy atom. The number of nitrogens with zero attached hydrogens (tertiary/aromatic N) is 2. The largest absolute Gasteiger partial charge is 0.497 e. The third-order valence-corrected chi connectivity index (χ3v) is 8.71. The summed E-state index contributed by atoms with van der Waals surface area (Å²) < 4.78 is 5.34. The second kappa shape index (κ2) is 10.4. The molecular formula is C29H33ClN2O4. The van der Waals surface area contributed by atoms with E-state index in [2.05, 4.69) is 40.2 Å². The van der Waals surface area contributed by atoms with Crippen molar-refractivity contribution in [1.82, 2.24) is 9.88 Å². The normalized spacial score (nSPS) is 22.6. The third kappa shape index (κ3) is 4.82. The minimum atomic E-state index is -0.886. The van der Waals surface area contributed by atoms with E-state index in [4.69, 9.17) is 16.3 Å². The van der Waals surface area contributed by atoms with Crippen LogP contribution in [0.15, 0.2) is 54.7 Å². The average Bonchev–Trinajstić information content (AvgIpc) is 2.87. The van der Waals surface area contributed by atoms with Gasteiger partial charge in [-0.2, -0.15) is 0 Å². The second-order valence-electron chi connectivity index (χ2n) is 10.3. The van der Waals surface area contributed by atoms with E-state index in [-0.39, 0.29) is 0 Å². The molecule has 5 rings (SSSR count). The monoisotopic (exact) mass is 508 g/mol. The summed E-state index contributed by atoms with van der Waals surface area (Å²) >= 11 is 6.46. The van der Waals surface area contributed by atoms with Crippen molar-refractivity contribution < 1.29 is 19.7 Å². The fraction of sp³-hybridized carbons (Fsp3) is 0.448. The number of aliphatic hydroxyl groups is 1. The number of carboxylic acids is 1. The molecule has 1 saturated heterocycles. The van der Waals surface area contributed by atoms with Crippen molar-refractivity contribution in [3.05, 3.63) is 70.9 Å². The van der Waals surface area contributed by atoms with Gasteiger partial charge in [0.1, 0.15) is 5.75 Å². The Kier molecular flexibility index (Phi) is 7.20. The van der Waals surface area contributed by atoms with Gasteiger partial charge in [-0.3, -0.25) is 9.78 Å². The number of halogens is 1. The number of aromatic nitrogens is 1. The summed E-state index contributed by atoms with van der Waals surface area (Å²) in [5.74, 6) is 0.494. The molecular weight excluding hydrogens is 476 g/mol. The van der Waals surface area contributed by atoms with Gasteiger partial charge in [0.25, 0.3) is 0 Å². The van der Waals surface area contributed by atoms with Gasteiger partial charge in [-0.15, -0.1) is 0 Å². The molecule has 1 aromatic heterocycles. The first-order chi connectivity index (χ1) is 17.4. The lowest BCUT2D eigenvalue weighted by Gasteiger charge is -2.48. The van der Waals surface area contributed by atoms with Crippen LogP contribution in [0.25, 0.3) is 10.9 Å². The first kappa shape index (κ1) is 25.0. The molecule has 1 aliphatic carbocycles. The Bertz CT molecular complexity index is 1220. The van der Waals surface area contributed by atoms with Crippen molar-refractivity contribution >= 4 is 28.5 Å². The van der Waals surface area contributed by atoms with E-state index in [1.54, 1.807) is 13.3 Å². The van der Waals surface area contributed by atoms with Crippen molar-refractivity contribution in [1.29, 1.82) is 0 Å². The summed E-state index contributed by atoms with van der Waals surface area (Å²) in [6.07, 6.45) is 4.85. The Hall–Kier alpha value is -2.67.